The lowest BCUT2D eigenvalue weighted by Gasteiger charge is -2.28. The van der Waals surface area contributed by atoms with Gasteiger partial charge in [0.1, 0.15) is 5.82 Å². The van der Waals surface area contributed by atoms with Gasteiger partial charge in [-0.15, -0.1) is 0 Å². The minimum absolute atomic E-state index is 0.426. The Morgan fingerprint density at radius 2 is 2.06 bits per heavy atom. The summed E-state index contributed by atoms with van der Waals surface area (Å²) in [6.45, 7) is 10.6. The van der Waals surface area contributed by atoms with E-state index in [1.165, 1.54) is 0 Å². The van der Waals surface area contributed by atoms with E-state index in [1.54, 1.807) is 0 Å². The molecule has 0 aliphatic rings. The molecule has 0 atom stereocenters. The summed E-state index contributed by atoms with van der Waals surface area (Å²) in [4.78, 5) is 11.2. The predicted molar refractivity (Wildman–Crippen MR) is 81.3 cm³/mol. The number of halogens is 1. The Kier molecular flexibility index (Phi) is 6.39. The Hall–Kier alpha value is -0.840. The first kappa shape index (κ1) is 15.2. The molecule has 0 bridgehead atoms. The lowest BCUT2D eigenvalue weighted by Crippen LogP contribution is -2.32. The number of aromatic nitrogens is 2. The van der Waals surface area contributed by atoms with Gasteiger partial charge in [-0.2, -0.15) is 4.98 Å². The zero-order chi connectivity index (χ0) is 13.5. The minimum atomic E-state index is 0.426. The first-order valence-corrected chi connectivity index (χ1v) is 7.42. The van der Waals surface area contributed by atoms with Crippen LogP contribution in [0, 0.1) is 0 Å². The average molecular weight is 315 g/mol. The third-order valence-corrected chi connectivity index (χ3v) is 3.18. The first-order valence-electron chi connectivity index (χ1n) is 6.63. The molecule has 0 saturated carbocycles. The van der Waals surface area contributed by atoms with Gasteiger partial charge in [-0.25, -0.2) is 4.98 Å². The van der Waals surface area contributed by atoms with E-state index in [4.69, 9.17) is 0 Å². The third-order valence-electron chi connectivity index (χ3n) is 2.62. The van der Waals surface area contributed by atoms with Gasteiger partial charge in [0.05, 0.1) is 4.47 Å². The normalized spacial score (nSPS) is 10.8. The highest BCUT2D eigenvalue weighted by Crippen LogP contribution is 2.26. The monoisotopic (exact) mass is 314 g/mol. The Labute approximate surface area is 118 Å². The predicted octanol–water partition coefficient (Wildman–Crippen LogP) is 3.69. The van der Waals surface area contributed by atoms with Crippen molar-refractivity contribution < 1.29 is 0 Å². The quantitative estimate of drug-likeness (QED) is 0.833. The number of nitrogens with one attached hydrogen (secondary N) is 1. The minimum Gasteiger partial charge on any atom is -0.354 e. The molecular formula is C13H23BrN4. The fourth-order valence-electron chi connectivity index (χ4n) is 1.73. The molecule has 0 saturated heterocycles. The van der Waals surface area contributed by atoms with Gasteiger partial charge in [0.25, 0.3) is 0 Å². The van der Waals surface area contributed by atoms with Crippen LogP contribution in [0.3, 0.4) is 0 Å². The molecule has 5 heteroatoms. The molecule has 18 heavy (non-hydrogen) atoms. The van der Waals surface area contributed by atoms with E-state index >= 15 is 0 Å². The highest BCUT2D eigenvalue weighted by Gasteiger charge is 2.15. The van der Waals surface area contributed by atoms with E-state index in [9.17, 15) is 0 Å². The van der Waals surface area contributed by atoms with Crippen molar-refractivity contribution in [2.45, 2.75) is 46.6 Å². The van der Waals surface area contributed by atoms with Crippen LogP contribution in [-0.4, -0.2) is 29.1 Å². The molecule has 0 radical (unpaired) electrons. The number of nitrogens with zero attached hydrogens (tertiary/aromatic N) is 3. The van der Waals surface area contributed by atoms with Crippen LogP contribution in [0.5, 0.6) is 0 Å². The molecule has 0 fully saturated rings. The number of rotatable bonds is 7. The van der Waals surface area contributed by atoms with Crippen molar-refractivity contribution in [2.24, 2.45) is 0 Å². The molecule has 0 spiro atoms. The van der Waals surface area contributed by atoms with E-state index in [1.807, 2.05) is 6.20 Å². The van der Waals surface area contributed by atoms with E-state index in [2.05, 4.69) is 63.8 Å². The van der Waals surface area contributed by atoms with Crippen LogP contribution in [0.1, 0.15) is 40.5 Å². The van der Waals surface area contributed by atoms with Crippen molar-refractivity contribution >= 4 is 27.7 Å². The summed E-state index contributed by atoms with van der Waals surface area (Å²) in [5, 5.41) is 3.23. The largest absolute Gasteiger partial charge is 0.354 e. The summed E-state index contributed by atoms with van der Waals surface area (Å²) >= 11 is 3.54. The van der Waals surface area contributed by atoms with Gasteiger partial charge in [0.2, 0.25) is 5.95 Å². The molecule has 0 aliphatic heterocycles. The van der Waals surface area contributed by atoms with Crippen molar-refractivity contribution in [1.82, 2.24) is 9.97 Å². The second kappa shape index (κ2) is 7.56. The summed E-state index contributed by atoms with van der Waals surface area (Å²) in [6.07, 6.45) is 4.00. The average Bonchev–Trinajstić information content (AvgIpc) is 2.35. The third kappa shape index (κ3) is 4.12. The molecule has 1 rings (SSSR count). The van der Waals surface area contributed by atoms with Crippen molar-refractivity contribution in [3.63, 3.8) is 0 Å². The smallest absolute Gasteiger partial charge is 0.224 e. The van der Waals surface area contributed by atoms with Gasteiger partial charge < -0.3 is 10.2 Å². The fraction of sp³-hybridized carbons (Fsp3) is 0.692. The number of hydrogen-bond acceptors (Lipinski definition) is 4. The molecule has 1 N–H and O–H groups in total. The van der Waals surface area contributed by atoms with Crippen molar-refractivity contribution in [3.05, 3.63) is 10.7 Å². The maximum atomic E-state index is 4.61. The van der Waals surface area contributed by atoms with Crippen LogP contribution in [0.2, 0.25) is 0 Å². The van der Waals surface area contributed by atoms with E-state index in [0.717, 1.165) is 36.2 Å². The Morgan fingerprint density at radius 1 is 1.33 bits per heavy atom. The van der Waals surface area contributed by atoms with Gasteiger partial charge in [-0.05, 0) is 42.6 Å². The fourth-order valence-corrected chi connectivity index (χ4v) is 2.15. The van der Waals surface area contributed by atoms with Crippen LogP contribution in [0.4, 0.5) is 11.8 Å². The summed E-state index contributed by atoms with van der Waals surface area (Å²) in [5.74, 6) is 1.68. The molecular weight excluding hydrogens is 292 g/mol. The van der Waals surface area contributed by atoms with E-state index in [-0.39, 0.29) is 0 Å². The molecule has 0 unspecified atom stereocenters. The van der Waals surface area contributed by atoms with Gasteiger partial charge in [0, 0.05) is 25.3 Å². The molecule has 1 aromatic rings. The zero-order valence-electron chi connectivity index (χ0n) is 11.7. The molecule has 102 valence electrons. The van der Waals surface area contributed by atoms with Crippen LogP contribution >= 0.6 is 15.9 Å². The van der Waals surface area contributed by atoms with Crippen LogP contribution in [0.25, 0.3) is 0 Å². The lowest BCUT2D eigenvalue weighted by molar-refractivity contribution is 0.659. The van der Waals surface area contributed by atoms with Gasteiger partial charge >= 0.3 is 0 Å². The Balaban J connectivity index is 2.96. The van der Waals surface area contributed by atoms with Gasteiger partial charge in [-0.1, -0.05) is 13.8 Å². The highest BCUT2D eigenvalue weighted by molar-refractivity contribution is 9.10. The second-order valence-corrected chi connectivity index (χ2v) is 5.43. The molecule has 0 amide bonds. The van der Waals surface area contributed by atoms with Crippen LogP contribution in [-0.2, 0) is 0 Å². The topological polar surface area (TPSA) is 41.1 Å². The number of anilines is 2. The molecule has 1 heterocycles. The molecule has 4 nitrogen and oxygen atoms in total. The second-order valence-electron chi connectivity index (χ2n) is 4.58. The summed E-state index contributed by atoms with van der Waals surface area (Å²) in [5.41, 5.74) is 0. The molecule has 1 aromatic heterocycles. The standard InChI is InChI=1S/C13H23BrN4/c1-5-7-15-13-16-9-11(14)12(17-13)18(8-6-2)10(3)4/h9-10H,5-8H2,1-4H3,(H,15,16,17). The van der Waals surface area contributed by atoms with Crippen molar-refractivity contribution in [3.8, 4) is 0 Å². The summed E-state index contributed by atoms with van der Waals surface area (Å²) in [7, 11) is 0. The first-order chi connectivity index (χ1) is 8.60. The Morgan fingerprint density at radius 3 is 2.61 bits per heavy atom. The summed E-state index contributed by atoms with van der Waals surface area (Å²) in [6, 6.07) is 0.426. The SMILES string of the molecule is CCCNc1ncc(Br)c(N(CCC)C(C)C)n1. The molecule has 0 aromatic carbocycles. The van der Waals surface area contributed by atoms with E-state index < -0.39 is 0 Å². The van der Waals surface area contributed by atoms with Crippen molar-refractivity contribution in [1.29, 1.82) is 0 Å². The maximum Gasteiger partial charge on any atom is 0.224 e. The number of hydrogen-bond donors (Lipinski definition) is 1. The van der Waals surface area contributed by atoms with Crippen LogP contribution < -0.4 is 10.2 Å². The maximum absolute atomic E-state index is 4.61. The highest BCUT2D eigenvalue weighted by atomic mass is 79.9. The lowest BCUT2D eigenvalue weighted by atomic mass is 10.3. The zero-order valence-corrected chi connectivity index (χ0v) is 13.3. The van der Waals surface area contributed by atoms with Gasteiger partial charge in [0.15, 0.2) is 0 Å². The van der Waals surface area contributed by atoms with E-state index in [0.29, 0.717) is 12.0 Å². The summed E-state index contributed by atoms with van der Waals surface area (Å²) < 4.78 is 0.951. The molecule has 0 aliphatic carbocycles. The Bertz CT molecular complexity index is 368. The van der Waals surface area contributed by atoms with Crippen molar-refractivity contribution in [2.75, 3.05) is 23.3 Å². The van der Waals surface area contributed by atoms with Gasteiger partial charge in [-0.3, -0.25) is 0 Å². The van der Waals surface area contributed by atoms with Crippen LogP contribution in [0.15, 0.2) is 10.7 Å².